The van der Waals surface area contributed by atoms with Gasteiger partial charge in [-0.15, -0.1) is 0 Å². The Labute approximate surface area is 146 Å². The third-order valence-corrected chi connectivity index (χ3v) is 5.89. The van der Waals surface area contributed by atoms with E-state index in [1.165, 1.54) is 4.90 Å². The Bertz CT molecular complexity index is 686. The number of likely N-dealkylation sites (tertiary alicyclic amines) is 1. The predicted molar refractivity (Wildman–Crippen MR) is 89.7 cm³/mol. The van der Waals surface area contributed by atoms with Gasteiger partial charge >= 0.3 is 6.03 Å². The first-order chi connectivity index (χ1) is 12.0. The largest absolute Gasteiger partial charge is 0.339 e. The number of aromatic nitrogens is 1. The zero-order valence-electron chi connectivity index (χ0n) is 14.4. The van der Waals surface area contributed by atoms with Crippen LogP contribution in [-0.4, -0.2) is 69.8 Å². The Balaban J connectivity index is 1.42. The second kappa shape index (κ2) is 5.82. The van der Waals surface area contributed by atoms with E-state index in [-0.39, 0.29) is 29.3 Å². The fourth-order valence-electron chi connectivity index (χ4n) is 4.42. The molecule has 4 rings (SSSR count). The number of urea groups is 1. The van der Waals surface area contributed by atoms with Gasteiger partial charge in [-0.3, -0.25) is 19.5 Å². The zero-order valence-corrected chi connectivity index (χ0v) is 14.4. The SMILES string of the molecule is CCN1C(=O)C2CC3(CCN(C(=O)c4ccncc4)CC3)CN2C1=O. The molecular weight excluding hydrogens is 320 g/mol. The summed E-state index contributed by atoms with van der Waals surface area (Å²) < 4.78 is 0. The van der Waals surface area contributed by atoms with Gasteiger partial charge in [-0.2, -0.15) is 0 Å². The van der Waals surface area contributed by atoms with E-state index in [1.54, 1.807) is 29.4 Å². The third kappa shape index (κ3) is 2.49. The van der Waals surface area contributed by atoms with Gasteiger partial charge in [0.1, 0.15) is 6.04 Å². The standard InChI is InChI=1S/C18H22N4O3/c1-2-21-16(24)14-11-18(12-22(14)17(21)25)5-9-20(10-6-18)15(23)13-3-7-19-8-4-13/h3-4,7-8,14H,2,5-6,9-12H2,1H3. The molecule has 7 heteroatoms. The van der Waals surface area contributed by atoms with E-state index >= 15 is 0 Å². The summed E-state index contributed by atoms with van der Waals surface area (Å²) in [6, 6.07) is 3.02. The summed E-state index contributed by atoms with van der Waals surface area (Å²) in [6.45, 7) is 4.24. The number of imide groups is 1. The van der Waals surface area contributed by atoms with Gasteiger partial charge in [-0.05, 0) is 43.7 Å². The minimum atomic E-state index is -0.296. The van der Waals surface area contributed by atoms with Crippen LogP contribution >= 0.6 is 0 Å². The van der Waals surface area contributed by atoms with Crippen molar-refractivity contribution in [2.75, 3.05) is 26.2 Å². The Kier molecular flexibility index (Phi) is 3.74. The molecule has 0 saturated carbocycles. The van der Waals surface area contributed by atoms with Crippen molar-refractivity contribution in [1.82, 2.24) is 19.7 Å². The lowest BCUT2D eigenvalue weighted by atomic mass is 9.76. The smallest absolute Gasteiger partial charge is 0.327 e. The highest BCUT2D eigenvalue weighted by atomic mass is 16.2. The molecule has 1 aromatic rings. The first-order valence-corrected chi connectivity index (χ1v) is 8.86. The molecule has 0 aromatic carbocycles. The molecule has 25 heavy (non-hydrogen) atoms. The highest BCUT2D eigenvalue weighted by molar-refractivity contribution is 6.04. The van der Waals surface area contributed by atoms with Crippen LogP contribution in [-0.2, 0) is 4.79 Å². The summed E-state index contributed by atoms with van der Waals surface area (Å²) in [5.74, 6) is -0.0280. The van der Waals surface area contributed by atoms with Crippen LogP contribution in [0.3, 0.4) is 0 Å². The molecule has 1 aromatic heterocycles. The molecule has 4 amide bonds. The fourth-order valence-corrected chi connectivity index (χ4v) is 4.42. The van der Waals surface area contributed by atoms with E-state index in [4.69, 9.17) is 0 Å². The quantitative estimate of drug-likeness (QED) is 0.761. The van der Waals surface area contributed by atoms with Crippen LogP contribution in [0, 0.1) is 5.41 Å². The van der Waals surface area contributed by atoms with Crippen molar-refractivity contribution in [3.63, 3.8) is 0 Å². The Morgan fingerprint density at radius 3 is 2.52 bits per heavy atom. The first-order valence-electron chi connectivity index (χ1n) is 8.86. The summed E-state index contributed by atoms with van der Waals surface area (Å²) in [5, 5.41) is 0. The second-order valence-electron chi connectivity index (χ2n) is 7.24. The Morgan fingerprint density at radius 1 is 1.24 bits per heavy atom. The normalized spacial score (nSPS) is 25.0. The molecule has 7 nitrogen and oxygen atoms in total. The number of fused-ring (bicyclic) bond motifs is 1. The Morgan fingerprint density at radius 2 is 1.92 bits per heavy atom. The number of pyridine rings is 1. The third-order valence-electron chi connectivity index (χ3n) is 5.89. The molecule has 4 heterocycles. The lowest BCUT2D eigenvalue weighted by molar-refractivity contribution is -0.128. The molecule has 0 aliphatic carbocycles. The number of likely N-dealkylation sites (N-methyl/N-ethyl adjacent to an activating group) is 1. The van der Waals surface area contributed by atoms with E-state index in [0.717, 1.165) is 19.3 Å². The number of nitrogens with zero attached hydrogens (tertiary/aromatic N) is 4. The lowest BCUT2D eigenvalue weighted by Gasteiger charge is -2.39. The van der Waals surface area contributed by atoms with Crippen molar-refractivity contribution in [3.8, 4) is 0 Å². The van der Waals surface area contributed by atoms with Crippen LogP contribution in [0.1, 0.15) is 36.5 Å². The molecular formula is C18H22N4O3. The zero-order chi connectivity index (χ0) is 17.6. The molecule has 3 saturated heterocycles. The van der Waals surface area contributed by atoms with Crippen LogP contribution in [0.5, 0.6) is 0 Å². The highest BCUT2D eigenvalue weighted by Crippen LogP contribution is 2.46. The average Bonchev–Trinajstić information content (AvgIpc) is 3.11. The molecule has 3 aliphatic rings. The number of piperidine rings is 1. The number of hydrogen-bond acceptors (Lipinski definition) is 4. The van der Waals surface area contributed by atoms with Crippen molar-refractivity contribution in [2.45, 2.75) is 32.2 Å². The van der Waals surface area contributed by atoms with Gasteiger partial charge in [-0.25, -0.2) is 4.79 Å². The number of carbonyl (C=O) groups excluding carboxylic acids is 3. The van der Waals surface area contributed by atoms with Crippen molar-refractivity contribution < 1.29 is 14.4 Å². The van der Waals surface area contributed by atoms with Crippen LogP contribution in [0.4, 0.5) is 4.79 Å². The minimum absolute atomic E-state index is 0.0230. The maximum Gasteiger partial charge on any atom is 0.327 e. The highest BCUT2D eigenvalue weighted by Gasteiger charge is 2.56. The maximum atomic E-state index is 12.6. The predicted octanol–water partition coefficient (Wildman–Crippen LogP) is 1.36. The molecule has 0 bridgehead atoms. The summed E-state index contributed by atoms with van der Waals surface area (Å²) in [5.41, 5.74) is 0.632. The van der Waals surface area contributed by atoms with Crippen LogP contribution in [0.15, 0.2) is 24.5 Å². The van der Waals surface area contributed by atoms with Crippen molar-refractivity contribution in [2.24, 2.45) is 5.41 Å². The van der Waals surface area contributed by atoms with Gasteiger partial charge in [0.25, 0.3) is 11.8 Å². The van der Waals surface area contributed by atoms with Crippen molar-refractivity contribution >= 4 is 17.8 Å². The second-order valence-corrected chi connectivity index (χ2v) is 7.24. The molecule has 1 spiro atoms. The van der Waals surface area contributed by atoms with E-state index < -0.39 is 0 Å². The number of hydrogen-bond donors (Lipinski definition) is 0. The van der Waals surface area contributed by atoms with Gasteiger partial charge in [-0.1, -0.05) is 0 Å². The van der Waals surface area contributed by atoms with Crippen molar-refractivity contribution in [3.05, 3.63) is 30.1 Å². The summed E-state index contributed by atoms with van der Waals surface area (Å²) in [7, 11) is 0. The fraction of sp³-hybridized carbons (Fsp3) is 0.556. The van der Waals surface area contributed by atoms with Crippen LogP contribution in [0.2, 0.25) is 0 Å². The molecule has 1 atom stereocenters. The van der Waals surface area contributed by atoms with Gasteiger partial charge in [0, 0.05) is 44.1 Å². The van der Waals surface area contributed by atoms with Gasteiger partial charge in [0.05, 0.1) is 0 Å². The molecule has 0 radical (unpaired) electrons. The van der Waals surface area contributed by atoms with Crippen LogP contribution in [0.25, 0.3) is 0 Å². The number of amides is 4. The summed E-state index contributed by atoms with van der Waals surface area (Å²) in [4.78, 5) is 46.2. The topological polar surface area (TPSA) is 73.8 Å². The maximum absolute atomic E-state index is 12.6. The lowest BCUT2D eigenvalue weighted by Crippen LogP contribution is -2.45. The van der Waals surface area contributed by atoms with E-state index in [9.17, 15) is 14.4 Å². The molecule has 3 aliphatic heterocycles. The molecule has 132 valence electrons. The summed E-state index contributed by atoms with van der Waals surface area (Å²) in [6.07, 6.45) is 5.65. The summed E-state index contributed by atoms with van der Waals surface area (Å²) >= 11 is 0. The van der Waals surface area contributed by atoms with Crippen LogP contribution < -0.4 is 0 Å². The molecule has 3 fully saturated rings. The van der Waals surface area contributed by atoms with E-state index in [0.29, 0.717) is 31.7 Å². The van der Waals surface area contributed by atoms with Crippen molar-refractivity contribution in [1.29, 1.82) is 0 Å². The Hall–Kier alpha value is -2.44. The van der Waals surface area contributed by atoms with E-state index in [1.807, 2.05) is 11.8 Å². The number of carbonyl (C=O) groups is 3. The first kappa shape index (κ1) is 16.1. The minimum Gasteiger partial charge on any atom is -0.339 e. The van der Waals surface area contributed by atoms with Gasteiger partial charge < -0.3 is 9.80 Å². The van der Waals surface area contributed by atoms with Gasteiger partial charge in [0.2, 0.25) is 0 Å². The average molecular weight is 342 g/mol. The number of rotatable bonds is 2. The molecule has 0 N–H and O–H groups in total. The molecule has 1 unspecified atom stereocenters. The van der Waals surface area contributed by atoms with Gasteiger partial charge in [0.15, 0.2) is 0 Å². The monoisotopic (exact) mass is 342 g/mol. The van der Waals surface area contributed by atoms with E-state index in [2.05, 4.69) is 4.98 Å².